The van der Waals surface area contributed by atoms with Gasteiger partial charge in [-0.1, -0.05) is 18.2 Å². The molecule has 1 atom stereocenters. The first kappa shape index (κ1) is 34.3. The van der Waals surface area contributed by atoms with Gasteiger partial charge in [-0.3, -0.25) is 9.59 Å². The molecule has 10 nitrogen and oxygen atoms in total. The molecule has 1 aliphatic rings. The van der Waals surface area contributed by atoms with Gasteiger partial charge in [-0.05, 0) is 76.3 Å². The third-order valence-corrected chi connectivity index (χ3v) is 6.85. The molecule has 242 valence electrons. The fourth-order valence-corrected chi connectivity index (χ4v) is 5.03. The van der Waals surface area contributed by atoms with Gasteiger partial charge in [-0.2, -0.15) is 13.2 Å². The number of carbonyl (C=O) groups is 3. The standard InChI is InChI=1S/C31H41F3N4O6/c1-20(16-21-17-22-11-13-37(12-7-10-26(35)39)27(22)23(18-21)28(36)40)38(29(41)44-30(2,3)4)14-15-42-24-8-5-6-9-25(24)43-19-31(32,33)34/h5-6,8-9,17-18,20H,7,10-16,19H2,1-4H3,(H2,35,39)(H2,36,40)/t20-/m1/s1. The van der Waals surface area contributed by atoms with Crippen LogP contribution < -0.4 is 25.8 Å². The molecule has 0 radical (unpaired) electrons. The Morgan fingerprint density at radius 3 is 2.30 bits per heavy atom. The summed E-state index contributed by atoms with van der Waals surface area (Å²) in [5.74, 6) is -0.926. The summed E-state index contributed by atoms with van der Waals surface area (Å²) in [6.07, 6.45) is -3.26. The van der Waals surface area contributed by atoms with Gasteiger partial charge < -0.3 is 35.5 Å². The van der Waals surface area contributed by atoms with Crippen molar-refractivity contribution in [3.05, 3.63) is 53.1 Å². The van der Waals surface area contributed by atoms with Crippen LogP contribution in [0, 0.1) is 0 Å². The van der Waals surface area contributed by atoms with E-state index >= 15 is 0 Å². The highest BCUT2D eigenvalue weighted by molar-refractivity contribution is 6.00. The first-order valence-electron chi connectivity index (χ1n) is 14.4. The largest absolute Gasteiger partial charge is 0.488 e. The predicted molar refractivity (Wildman–Crippen MR) is 159 cm³/mol. The third kappa shape index (κ3) is 10.2. The van der Waals surface area contributed by atoms with Crippen LogP contribution in [0.4, 0.5) is 23.7 Å². The molecule has 0 saturated carbocycles. The van der Waals surface area contributed by atoms with Crippen LogP contribution in [-0.4, -0.2) is 73.5 Å². The molecule has 0 spiro atoms. The Morgan fingerprint density at radius 2 is 1.70 bits per heavy atom. The number of carbonyl (C=O) groups excluding carboxylic acids is 3. The average Bonchev–Trinajstić information content (AvgIpc) is 3.30. The number of hydrogen-bond acceptors (Lipinski definition) is 7. The second kappa shape index (κ2) is 14.5. The summed E-state index contributed by atoms with van der Waals surface area (Å²) in [6, 6.07) is 9.29. The number of benzene rings is 2. The van der Waals surface area contributed by atoms with Crippen LogP contribution in [0.3, 0.4) is 0 Å². The molecular formula is C31H41F3N4O6. The predicted octanol–water partition coefficient (Wildman–Crippen LogP) is 4.60. The number of amides is 3. The summed E-state index contributed by atoms with van der Waals surface area (Å²) in [5.41, 5.74) is 13.1. The maximum atomic E-state index is 13.3. The van der Waals surface area contributed by atoms with Gasteiger partial charge in [0.05, 0.1) is 17.8 Å². The van der Waals surface area contributed by atoms with E-state index in [1.54, 1.807) is 32.9 Å². The Kier molecular flexibility index (Phi) is 11.3. The van der Waals surface area contributed by atoms with Gasteiger partial charge in [0.25, 0.3) is 5.91 Å². The summed E-state index contributed by atoms with van der Waals surface area (Å²) >= 11 is 0. The van der Waals surface area contributed by atoms with Gasteiger partial charge in [0.2, 0.25) is 5.91 Å². The summed E-state index contributed by atoms with van der Waals surface area (Å²) < 4.78 is 54.3. The van der Waals surface area contributed by atoms with Crippen LogP contribution in [0.25, 0.3) is 0 Å². The maximum Gasteiger partial charge on any atom is 0.422 e. The minimum absolute atomic E-state index is 0.0487. The molecule has 0 bridgehead atoms. The highest BCUT2D eigenvalue weighted by atomic mass is 19.4. The van der Waals surface area contributed by atoms with Crippen molar-refractivity contribution in [2.24, 2.45) is 11.5 Å². The van der Waals surface area contributed by atoms with E-state index in [1.165, 1.54) is 23.1 Å². The van der Waals surface area contributed by atoms with E-state index in [0.717, 1.165) is 16.8 Å². The molecule has 3 amide bonds. The number of primary amides is 2. The Morgan fingerprint density at radius 1 is 1.05 bits per heavy atom. The first-order valence-corrected chi connectivity index (χ1v) is 14.4. The van der Waals surface area contributed by atoms with Crippen LogP contribution in [0.1, 0.15) is 62.0 Å². The Hall–Kier alpha value is -4.16. The molecule has 4 N–H and O–H groups in total. The average molecular weight is 623 g/mol. The van der Waals surface area contributed by atoms with Crippen LogP contribution in [0.15, 0.2) is 36.4 Å². The van der Waals surface area contributed by atoms with Gasteiger partial charge in [0, 0.05) is 25.6 Å². The lowest BCUT2D eigenvalue weighted by Gasteiger charge is -2.32. The van der Waals surface area contributed by atoms with E-state index in [4.69, 9.17) is 25.7 Å². The number of fused-ring (bicyclic) bond motifs is 1. The summed E-state index contributed by atoms with van der Waals surface area (Å²) in [7, 11) is 0. The molecule has 13 heteroatoms. The van der Waals surface area contributed by atoms with Crippen LogP contribution >= 0.6 is 0 Å². The molecular weight excluding hydrogens is 581 g/mol. The fourth-order valence-electron chi connectivity index (χ4n) is 5.03. The molecule has 0 fully saturated rings. The topological polar surface area (TPSA) is 137 Å². The van der Waals surface area contributed by atoms with E-state index in [2.05, 4.69) is 0 Å². The maximum absolute atomic E-state index is 13.3. The van der Waals surface area contributed by atoms with Crippen LogP contribution in [0.5, 0.6) is 11.5 Å². The van der Waals surface area contributed by atoms with E-state index in [9.17, 15) is 27.6 Å². The van der Waals surface area contributed by atoms with Gasteiger partial charge in [0.15, 0.2) is 18.1 Å². The fraction of sp³-hybridized carbons (Fsp3) is 0.516. The van der Waals surface area contributed by atoms with Gasteiger partial charge >= 0.3 is 12.3 Å². The summed E-state index contributed by atoms with van der Waals surface area (Å²) in [6.45, 7) is 6.84. The van der Waals surface area contributed by atoms with E-state index < -0.39 is 36.4 Å². The quantitative estimate of drug-likeness (QED) is 0.314. The Bertz CT molecular complexity index is 1330. The monoisotopic (exact) mass is 622 g/mol. The van der Waals surface area contributed by atoms with Gasteiger partial charge in [-0.25, -0.2) is 4.79 Å². The first-order chi connectivity index (χ1) is 20.5. The van der Waals surface area contributed by atoms with Crippen molar-refractivity contribution < 1.29 is 41.8 Å². The second-order valence-corrected chi connectivity index (χ2v) is 11.7. The normalized spacial score (nSPS) is 13.7. The van der Waals surface area contributed by atoms with Crippen molar-refractivity contribution in [1.29, 1.82) is 0 Å². The Balaban J connectivity index is 1.77. The van der Waals surface area contributed by atoms with Crippen molar-refractivity contribution in [1.82, 2.24) is 4.90 Å². The van der Waals surface area contributed by atoms with Crippen molar-refractivity contribution in [3.63, 3.8) is 0 Å². The van der Waals surface area contributed by atoms with Gasteiger partial charge in [-0.15, -0.1) is 0 Å². The van der Waals surface area contributed by atoms with Crippen LogP contribution in [-0.2, 0) is 22.4 Å². The minimum atomic E-state index is -4.51. The van der Waals surface area contributed by atoms with Crippen molar-refractivity contribution in [2.45, 2.75) is 71.2 Å². The lowest BCUT2D eigenvalue weighted by Crippen LogP contribution is -2.45. The molecule has 0 saturated heterocycles. The second-order valence-electron chi connectivity index (χ2n) is 11.7. The number of anilines is 1. The molecule has 0 aromatic heterocycles. The summed E-state index contributed by atoms with van der Waals surface area (Å²) in [4.78, 5) is 40.4. The van der Waals surface area contributed by atoms with Crippen molar-refractivity contribution in [2.75, 3.05) is 37.7 Å². The smallest absolute Gasteiger partial charge is 0.422 e. The van der Waals surface area contributed by atoms with E-state index in [-0.39, 0.29) is 37.0 Å². The van der Waals surface area contributed by atoms with E-state index in [1.807, 2.05) is 17.9 Å². The van der Waals surface area contributed by atoms with Crippen molar-refractivity contribution in [3.8, 4) is 11.5 Å². The molecule has 1 aliphatic heterocycles. The van der Waals surface area contributed by atoms with Gasteiger partial charge in [0.1, 0.15) is 12.2 Å². The Labute approximate surface area is 255 Å². The molecule has 2 aromatic rings. The zero-order valence-corrected chi connectivity index (χ0v) is 25.5. The molecule has 2 aromatic carbocycles. The zero-order chi connectivity index (χ0) is 32.7. The summed E-state index contributed by atoms with van der Waals surface area (Å²) in [5, 5.41) is 0. The molecule has 3 rings (SSSR count). The number of halogens is 3. The number of alkyl halides is 3. The van der Waals surface area contributed by atoms with Crippen LogP contribution in [0.2, 0.25) is 0 Å². The molecule has 0 unspecified atom stereocenters. The molecule has 0 aliphatic carbocycles. The third-order valence-electron chi connectivity index (χ3n) is 6.85. The number of para-hydroxylation sites is 2. The minimum Gasteiger partial charge on any atom is -0.488 e. The number of hydrogen-bond donors (Lipinski definition) is 2. The zero-order valence-electron chi connectivity index (χ0n) is 25.5. The SMILES string of the molecule is C[C@H](Cc1cc2c(c(C(N)=O)c1)N(CCCC(N)=O)CC2)N(CCOc1ccccc1OCC(F)(F)F)C(=O)OC(C)(C)C. The molecule has 44 heavy (non-hydrogen) atoms. The van der Waals surface area contributed by atoms with E-state index in [0.29, 0.717) is 37.9 Å². The highest BCUT2D eigenvalue weighted by Gasteiger charge is 2.30. The number of nitrogens with two attached hydrogens (primary N) is 2. The van der Waals surface area contributed by atoms with Crippen molar-refractivity contribution >= 4 is 23.6 Å². The molecule has 1 heterocycles. The number of rotatable bonds is 14. The lowest BCUT2D eigenvalue weighted by molar-refractivity contribution is -0.153. The number of ether oxygens (including phenoxy) is 3. The lowest BCUT2D eigenvalue weighted by atomic mass is 9.97. The number of nitrogens with zero attached hydrogens (tertiary/aromatic N) is 2. The highest BCUT2D eigenvalue weighted by Crippen LogP contribution is 2.34.